The van der Waals surface area contributed by atoms with Gasteiger partial charge in [0.25, 0.3) is 0 Å². The molecule has 1 aliphatic heterocycles. The van der Waals surface area contributed by atoms with Crippen molar-refractivity contribution in [2.75, 3.05) is 13.1 Å². The lowest BCUT2D eigenvalue weighted by Gasteiger charge is -2.31. The van der Waals surface area contributed by atoms with Crippen LogP contribution in [0.2, 0.25) is 0 Å². The number of carbonyl (C=O) groups excluding carboxylic acids is 1. The molecule has 1 aliphatic rings. The number of nitrogens with zero attached hydrogens (tertiary/aromatic N) is 1. The number of nitrogens with two attached hydrogens (primary N) is 1. The Hall–Kier alpha value is -0.570. The van der Waals surface area contributed by atoms with Crippen LogP contribution in [0, 0.1) is 10.8 Å². The highest BCUT2D eigenvalue weighted by Crippen LogP contribution is 2.37. The van der Waals surface area contributed by atoms with Crippen LogP contribution < -0.4 is 5.73 Å². The Balaban J connectivity index is 2.69. The van der Waals surface area contributed by atoms with Crippen molar-refractivity contribution in [2.45, 2.75) is 59.9 Å². The molecule has 0 radical (unpaired) electrons. The SMILES string of the molecule is CCC1(CC)CCN(C(=O)[C@H](N)C(C)(C)C)C1. The molecule has 0 spiro atoms. The summed E-state index contributed by atoms with van der Waals surface area (Å²) in [6.45, 7) is 12.3. The molecule has 0 aliphatic carbocycles. The van der Waals surface area contributed by atoms with Gasteiger partial charge < -0.3 is 10.6 Å². The minimum absolute atomic E-state index is 0.126. The summed E-state index contributed by atoms with van der Waals surface area (Å²) < 4.78 is 0. The van der Waals surface area contributed by atoms with Gasteiger partial charge in [0.2, 0.25) is 5.91 Å². The molecule has 1 heterocycles. The van der Waals surface area contributed by atoms with Gasteiger partial charge in [0, 0.05) is 13.1 Å². The van der Waals surface area contributed by atoms with E-state index in [9.17, 15) is 4.79 Å². The fraction of sp³-hybridized carbons (Fsp3) is 0.929. The standard InChI is InChI=1S/C14H28N2O/c1-6-14(7-2)8-9-16(10-14)12(17)11(15)13(3,4)5/h11H,6-10,15H2,1-5H3/t11-/m0/s1. The van der Waals surface area contributed by atoms with Crippen molar-refractivity contribution in [1.82, 2.24) is 4.90 Å². The summed E-state index contributed by atoms with van der Waals surface area (Å²) in [6.07, 6.45) is 3.43. The number of amides is 1. The van der Waals surface area contributed by atoms with Crippen LogP contribution in [-0.4, -0.2) is 29.9 Å². The second-order valence-electron chi connectivity index (χ2n) is 6.56. The number of hydrogen-bond acceptors (Lipinski definition) is 2. The second-order valence-corrected chi connectivity index (χ2v) is 6.56. The Morgan fingerprint density at radius 1 is 1.35 bits per heavy atom. The van der Waals surface area contributed by atoms with Gasteiger partial charge in [0.15, 0.2) is 0 Å². The van der Waals surface area contributed by atoms with Crippen molar-refractivity contribution >= 4 is 5.91 Å². The van der Waals surface area contributed by atoms with Crippen LogP contribution in [0.4, 0.5) is 0 Å². The molecule has 1 fully saturated rings. The van der Waals surface area contributed by atoms with E-state index in [1.54, 1.807) is 0 Å². The highest BCUT2D eigenvalue weighted by Gasteiger charge is 2.40. The highest BCUT2D eigenvalue weighted by atomic mass is 16.2. The summed E-state index contributed by atoms with van der Waals surface area (Å²) >= 11 is 0. The zero-order valence-electron chi connectivity index (χ0n) is 12.0. The normalized spacial score (nSPS) is 21.6. The first-order chi connectivity index (χ1) is 7.75. The van der Waals surface area contributed by atoms with E-state index in [0.717, 1.165) is 32.4 Å². The zero-order chi connectivity index (χ0) is 13.3. The Morgan fingerprint density at radius 3 is 2.24 bits per heavy atom. The molecule has 0 aromatic heterocycles. The molecule has 1 atom stereocenters. The van der Waals surface area contributed by atoms with E-state index < -0.39 is 0 Å². The van der Waals surface area contributed by atoms with Gasteiger partial charge >= 0.3 is 0 Å². The molecule has 2 N–H and O–H groups in total. The maximum atomic E-state index is 12.3. The third-order valence-electron chi connectivity index (χ3n) is 4.45. The van der Waals surface area contributed by atoms with Gasteiger partial charge in [-0.1, -0.05) is 34.6 Å². The monoisotopic (exact) mass is 240 g/mol. The predicted molar refractivity (Wildman–Crippen MR) is 71.6 cm³/mol. The molecule has 3 heteroatoms. The first-order valence-corrected chi connectivity index (χ1v) is 6.80. The van der Waals surface area contributed by atoms with E-state index >= 15 is 0 Å². The third-order valence-corrected chi connectivity index (χ3v) is 4.45. The largest absolute Gasteiger partial charge is 0.341 e. The predicted octanol–water partition coefficient (Wildman–Crippen LogP) is 2.40. The van der Waals surface area contributed by atoms with Gasteiger partial charge in [0.05, 0.1) is 6.04 Å². The molecular weight excluding hydrogens is 212 g/mol. The maximum Gasteiger partial charge on any atom is 0.240 e. The lowest BCUT2D eigenvalue weighted by molar-refractivity contribution is -0.134. The highest BCUT2D eigenvalue weighted by molar-refractivity contribution is 5.82. The van der Waals surface area contributed by atoms with Crippen LogP contribution in [0.25, 0.3) is 0 Å². The molecule has 0 unspecified atom stereocenters. The van der Waals surface area contributed by atoms with Crippen molar-refractivity contribution in [3.05, 3.63) is 0 Å². The average Bonchev–Trinajstić information content (AvgIpc) is 2.71. The summed E-state index contributed by atoms with van der Waals surface area (Å²) in [5, 5.41) is 0. The lowest BCUT2D eigenvalue weighted by Crippen LogP contribution is -2.50. The molecule has 0 aromatic rings. The van der Waals surface area contributed by atoms with Gasteiger partial charge in [0.1, 0.15) is 0 Å². The number of carbonyl (C=O) groups is 1. The van der Waals surface area contributed by atoms with E-state index in [0.29, 0.717) is 5.41 Å². The fourth-order valence-corrected chi connectivity index (χ4v) is 2.52. The fourth-order valence-electron chi connectivity index (χ4n) is 2.52. The Labute approximate surface area is 106 Å². The number of likely N-dealkylation sites (tertiary alicyclic amines) is 1. The van der Waals surface area contributed by atoms with E-state index in [2.05, 4.69) is 13.8 Å². The van der Waals surface area contributed by atoms with Crippen molar-refractivity contribution in [3.63, 3.8) is 0 Å². The average molecular weight is 240 g/mol. The summed E-state index contributed by atoms with van der Waals surface area (Å²) in [7, 11) is 0. The molecule has 3 nitrogen and oxygen atoms in total. The number of rotatable bonds is 3. The van der Waals surface area contributed by atoms with Crippen LogP contribution in [-0.2, 0) is 4.79 Å². The minimum Gasteiger partial charge on any atom is -0.341 e. The molecule has 0 bridgehead atoms. The summed E-state index contributed by atoms with van der Waals surface area (Å²) in [6, 6.07) is -0.382. The second kappa shape index (κ2) is 4.97. The number of hydrogen-bond donors (Lipinski definition) is 1. The molecule has 1 saturated heterocycles. The van der Waals surface area contributed by atoms with Crippen LogP contribution >= 0.6 is 0 Å². The lowest BCUT2D eigenvalue weighted by atomic mass is 9.82. The van der Waals surface area contributed by atoms with Crippen molar-refractivity contribution in [2.24, 2.45) is 16.6 Å². The Morgan fingerprint density at radius 2 is 1.88 bits per heavy atom. The topological polar surface area (TPSA) is 46.3 Å². The smallest absolute Gasteiger partial charge is 0.240 e. The quantitative estimate of drug-likeness (QED) is 0.823. The minimum atomic E-state index is -0.382. The van der Waals surface area contributed by atoms with Gasteiger partial charge in [-0.05, 0) is 30.1 Å². The summed E-state index contributed by atoms with van der Waals surface area (Å²) in [4.78, 5) is 14.3. The zero-order valence-corrected chi connectivity index (χ0v) is 12.0. The Kier molecular flexibility index (Phi) is 4.23. The van der Waals surface area contributed by atoms with E-state index in [1.807, 2.05) is 25.7 Å². The molecule has 0 saturated carbocycles. The van der Waals surface area contributed by atoms with Crippen LogP contribution in [0.3, 0.4) is 0 Å². The summed E-state index contributed by atoms with van der Waals surface area (Å²) in [5.41, 5.74) is 6.24. The first kappa shape index (κ1) is 14.5. The van der Waals surface area contributed by atoms with E-state index in [1.165, 1.54) is 0 Å². The van der Waals surface area contributed by atoms with Gasteiger partial charge in [-0.15, -0.1) is 0 Å². The van der Waals surface area contributed by atoms with Crippen molar-refractivity contribution in [3.8, 4) is 0 Å². The molecular formula is C14H28N2O. The van der Waals surface area contributed by atoms with Gasteiger partial charge in [-0.25, -0.2) is 0 Å². The van der Waals surface area contributed by atoms with Crippen molar-refractivity contribution in [1.29, 1.82) is 0 Å². The molecule has 1 rings (SSSR count). The van der Waals surface area contributed by atoms with Gasteiger partial charge in [-0.2, -0.15) is 0 Å². The van der Waals surface area contributed by atoms with E-state index in [4.69, 9.17) is 5.73 Å². The first-order valence-electron chi connectivity index (χ1n) is 6.80. The molecule has 17 heavy (non-hydrogen) atoms. The van der Waals surface area contributed by atoms with Crippen LogP contribution in [0.5, 0.6) is 0 Å². The van der Waals surface area contributed by atoms with Crippen LogP contribution in [0.15, 0.2) is 0 Å². The molecule has 0 aromatic carbocycles. The van der Waals surface area contributed by atoms with Gasteiger partial charge in [-0.3, -0.25) is 4.79 Å². The Bertz CT molecular complexity index is 276. The molecule has 1 amide bonds. The van der Waals surface area contributed by atoms with Crippen molar-refractivity contribution < 1.29 is 4.79 Å². The maximum absolute atomic E-state index is 12.3. The van der Waals surface area contributed by atoms with E-state index in [-0.39, 0.29) is 17.4 Å². The summed E-state index contributed by atoms with van der Waals surface area (Å²) in [5.74, 6) is 0.126. The molecule has 100 valence electrons. The van der Waals surface area contributed by atoms with Crippen LogP contribution in [0.1, 0.15) is 53.9 Å². The third kappa shape index (κ3) is 3.01.